The van der Waals surface area contributed by atoms with Crippen molar-refractivity contribution in [3.63, 3.8) is 0 Å². The highest BCUT2D eigenvalue weighted by molar-refractivity contribution is 5.66. The molecule has 0 aromatic heterocycles. The van der Waals surface area contributed by atoms with Gasteiger partial charge >= 0.3 is 5.97 Å². The van der Waals surface area contributed by atoms with E-state index in [1.807, 2.05) is 0 Å². The molecule has 0 aliphatic carbocycles. The summed E-state index contributed by atoms with van der Waals surface area (Å²) >= 11 is 0. The van der Waals surface area contributed by atoms with Gasteiger partial charge in [0.2, 0.25) is 0 Å². The van der Waals surface area contributed by atoms with Crippen molar-refractivity contribution in [1.82, 2.24) is 0 Å². The molecule has 0 aliphatic heterocycles. The number of nitrogens with zero attached hydrogens (tertiary/aromatic N) is 2. The van der Waals surface area contributed by atoms with Gasteiger partial charge in [-0.15, -0.1) is 12.3 Å². The molecule has 0 spiro atoms. The number of carbonyl (C=O) groups is 1. The van der Waals surface area contributed by atoms with E-state index in [1.165, 1.54) is 6.21 Å². The van der Waals surface area contributed by atoms with Gasteiger partial charge in [0.25, 0.3) is 6.21 Å². The van der Waals surface area contributed by atoms with Crippen LogP contribution in [-0.2, 0) is 4.79 Å². The van der Waals surface area contributed by atoms with Crippen LogP contribution in [-0.4, -0.2) is 22.1 Å². The summed E-state index contributed by atoms with van der Waals surface area (Å²) < 4.78 is 0. The van der Waals surface area contributed by atoms with Gasteiger partial charge in [0.15, 0.2) is 0 Å². The largest absolute Gasteiger partial charge is 0.481 e. The lowest BCUT2D eigenvalue weighted by Gasteiger charge is -2.09. The molecule has 0 bridgehead atoms. The molecule has 1 N–H and O–H groups in total. The van der Waals surface area contributed by atoms with Crippen LogP contribution in [0.25, 0.3) is 5.53 Å². The van der Waals surface area contributed by atoms with Gasteiger partial charge in [0.1, 0.15) is 0 Å². The van der Waals surface area contributed by atoms with Crippen LogP contribution < -0.4 is 0 Å². The molecule has 0 saturated heterocycles. The number of carboxylic acids is 1. The second-order valence-electron chi connectivity index (χ2n) is 3.07. The molecule has 4 nitrogen and oxygen atoms in total. The second kappa shape index (κ2) is 8.03. The quantitative estimate of drug-likeness (QED) is 0.289. The predicted octanol–water partition coefficient (Wildman–Crippen LogP) is 1.57. The minimum atomic E-state index is -0.809. The number of hydrogen-bond donors (Lipinski definition) is 1. The predicted molar refractivity (Wildman–Crippen MR) is 52.7 cm³/mol. The smallest absolute Gasteiger partial charge is 0.303 e. The van der Waals surface area contributed by atoms with Crippen molar-refractivity contribution >= 4 is 12.2 Å². The Morgan fingerprint density at radius 3 is 2.86 bits per heavy atom. The zero-order valence-corrected chi connectivity index (χ0v) is 8.02. The summed E-state index contributed by atoms with van der Waals surface area (Å²) in [5.41, 5.74) is 8.23. The van der Waals surface area contributed by atoms with Gasteiger partial charge in [-0.1, -0.05) is 0 Å². The first-order chi connectivity index (χ1) is 6.70. The van der Waals surface area contributed by atoms with Crippen LogP contribution in [0.3, 0.4) is 0 Å². The number of aliphatic carboxylic acids is 1. The highest BCUT2D eigenvalue weighted by Gasteiger charge is 2.10. The third-order valence-corrected chi connectivity index (χ3v) is 1.98. The standard InChI is InChI=1S/C10H14N2O2/c1-2-3-4-9(7-8-12-11)5-6-10(13)14/h1,8-9H,3-7H2,(H,13,14). The fourth-order valence-corrected chi connectivity index (χ4v) is 1.19. The van der Waals surface area contributed by atoms with Crippen molar-refractivity contribution in [2.24, 2.45) is 5.92 Å². The van der Waals surface area contributed by atoms with E-state index >= 15 is 0 Å². The first kappa shape index (κ1) is 12.4. The van der Waals surface area contributed by atoms with Crippen LogP contribution in [0.4, 0.5) is 0 Å². The van der Waals surface area contributed by atoms with Crippen LogP contribution in [0.2, 0.25) is 0 Å². The van der Waals surface area contributed by atoms with Crippen molar-refractivity contribution in [3.05, 3.63) is 5.53 Å². The Labute approximate surface area is 83.6 Å². The lowest BCUT2D eigenvalue weighted by Crippen LogP contribution is -2.05. The Balaban J connectivity index is 3.90. The van der Waals surface area contributed by atoms with Gasteiger partial charge in [-0.25, -0.2) is 0 Å². The van der Waals surface area contributed by atoms with E-state index in [-0.39, 0.29) is 12.3 Å². The van der Waals surface area contributed by atoms with Crippen LogP contribution in [0.5, 0.6) is 0 Å². The molecule has 76 valence electrons. The van der Waals surface area contributed by atoms with Crippen molar-refractivity contribution in [1.29, 1.82) is 0 Å². The van der Waals surface area contributed by atoms with Crippen molar-refractivity contribution in [2.75, 3.05) is 0 Å². The summed E-state index contributed by atoms with van der Waals surface area (Å²) in [6, 6.07) is 0. The van der Waals surface area contributed by atoms with E-state index in [0.29, 0.717) is 19.3 Å². The van der Waals surface area contributed by atoms with Crippen molar-refractivity contribution < 1.29 is 14.7 Å². The third-order valence-electron chi connectivity index (χ3n) is 1.98. The van der Waals surface area contributed by atoms with E-state index in [0.717, 1.165) is 6.42 Å². The third kappa shape index (κ3) is 7.08. The number of carboxylic acid groups (broad SMARTS) is 1. The zero-order chi connectivity index (χ0) is 10.8. The SMILES string of the molecule is C#CCCC(CC=[N+]=[N-])CCC(=O)O. The van der Waals surface area contributed by atoms with Crippen LogP contribution in [0.15, 0.2) is 0 Å². The minimum Gasteiger partial charge on any atom is -0.481 e. The first-order valence-corrected chi connectivity index (χ1v) is 4.51. The molecule has 14 heavy (non-hydrogen) atoms. The van der Waals surface area contributed by atoms with Gasteiger partial charge in [-0.2, -0.15) is 4.79 Å². The van der Waals surface area contributed by atoms with Gasteiger partial charge in [-0.3, -0.25) is 4.79 Å². The molecule has 1 unspecified atom stereocenters. The molecule has 0 radical (unpaired) electrons. The molecule has 4 heteroatoms. The van der Waals surface area contributed by atoms with Gasteiger partial charge < -0.3 is 10.6 Å². The Morgan fingerprint density at radius 2 is 2.36 bits per heavy atom. The molecule has 0 saturated carbocycles. The number of hydrogen-bond acceptors (Lipinski definition) is 1. The van der Waals surface area contributed by atoms with Crippen molar-refractivity contribution in [3.8, 4) is 12.3 Å². The van der Waals surface area contributed by atoms with E-state index in [2.05, 4.69) is 10.7 Å². The molecule has 1 atom stereocenters. The highest BCUT2D eigenvalue weighted by Crippen LogP contribution is 2.16. The minimum absolute atomic E-state index is 0.133. The fourth-order valence-electron chi connectivity index (χ4n) is 1.19. The summed E-state index contributed by atoms with van der Waals surface area (Å²) in [5.74, 6) is 1.89. The van der Waals surface area contributed by atoms with Crippen molar-refractivity contribution in [2.45, 2.75) is 32.1 Å². The molecule has 0 amide bonds. The summed E-state index contributed by atoms with van der Waals surface area (Å²) in [6.45, 7) is 0. The molecule has 0 aromatic carbocycles. The van der Waals surface area contributed by atoms with Crippen LogP contribution in [0, 0.1) is 18.3 Å². The van der Waals surface area contributed by atoms with Crippen LogP contribution in [0.1, 0.15) is 32.1 Å². The Kier molecular flexibility index (Phi) is 7.12. The normalized spacial score (nSPS) is 11.1. The first-order valence-electron chi connectivity index (χ1n) is 4.51. The fraction of sp³-hybridized carbons (Fsp3) is 0.600. The summed E-state index contributed by atoms with van der Waals surface area (Å²) in [7, 11) is 0. The van der Waals surface area contributed by atoms with E-state index in [9.17, 15) is 4.79 Å². The second-order valence-corrected chi connectivity index (χ2v) is 3.07. The Bertz CT molecular complexity index is 262. The molecule has 0 aromatic rings. The van der Waals surface area contributed by atoms with E-state index in [4.69, 9.17) is 17.1 Å². The maximum atomic E-state index is 10.3. The Hall–Kier alpha value is -1.59. The van der Waals surface area contributed by atoms with Gasteiger partial charge in [-0.05, 0) is 18.8 Å². The average Bonchev–Trinajstić information content (AvgIpc) is 2.16. The highest BCUT2D eigenvalue weighted by atomic mass is 16.4. The van der Waals surface area contributed by atoms with Gasteiger partial charge in [0.05, 0.1) is 0 Å². The van der Waals surface area contributed by atoms with Gasteiger partial charge in [0, 0.05) is 19.3 Å². The molecule has 0 aliphatic rings. The maximum Gasteiger partial charge on any atom is 0.303 e. The molecule has 0 heterocycles. The van der Waals surface area contributed by atoms with E-state index < -0.39 is 5.97 Å². The average molecular weight is 194 g/mol. The Morgan fingerprint density at radius 1 is 1.64 bits per heavy atom. The topological polar surface area (TPSA) is 73.7 Å². The lowest BCUT2D eigenvalue weighted by atomic mass is 9.95. The summed E-state index contributed by atoms with van der Waals surface area (Å²) in [6.07, 6.45) is 9.17. The molecule has 0 rings (SSSR count). The number of rotatable bonds is 7. The molecular formula is C10H14N2O2. The molecular weight excluding hydrogens is 180 g/mol. The number of terminal acetylenes is 1. The zero-order valence-electron chi connectivity index (χ0n) is 8.02. The maximum absolute atomic E-state index is 10.3. The summed E-state index contributed by atoms with van der Waals surface area (Å²) in [4.78, 5) is 13.2. The lowest BCUT2D eigenvalue weighted by molar-refractivity contribution is -0.137. The van der Waals surface area contributed by atoms with Crippen LogP contribution >= 0.6 is 0 Å². The summed E-state index contributed by atoms with van der Waals surface area (Å²) in [5, 5.41) is 8.49. The van der Waals surface area contributed by atoms with E-state index in [1.54, 1.807) is 0 Å². The molecule has 0 fully saturated rings. The monoisotopic (exact) mass is 194 g/mol.